The Morgan fingerprint density at radius 2 is 1.75 bits per heavy atom. The zero-order chi connectivity index (χ0) is 15.6. The second-order valence-corrected chi connectivity index (χ2v) is 6.46. The number of likely N-dealkylation sites (tertiary alicyclic amines) is 1. The average Bonchev–Trinajstić information content (AvgIpc) is 2.59. The molecule has 140 valence electrons. The van der Waals surface area contributed by atoms with Gasteiger partial charge in [0.2, 0.25) is 0 Å². The number of piperidine rings is 1. The molecule has 1 aliphatic rings. The molecule has 0 radical (unpaired) electrons. The maximum atomic E-state index is 10.6. The van der Waals surface area contributed by atoms with Crippen molar-refractivity contribution in [3.05, 3.63) is 35.9 Å². The van der Waals surface area contributed by atoms with Gasteiger partial charge in [0.15, 0.2) is 0 Å². The minimum Gasteiger partial charge on any atom is -0.387 e. The van der Waals surface area contributed by atoms with E-state index >= 15 is 0 Å². The van der Waals surface area contributed by atoms with E-state index in [9.17, 15) is 5.11 Å². The normalized spacial score (nSPS) is 17.4. The molecule has 0 amide bonds. The molecule has 1 saturated heterocycles. The number of benzene rings is 1. The molecule has 1 aromatic carbocycles. The highest BCUT2D eigenvalue weighted by Crippen LogP contribution is 2.19. The second-order valence-electron chi connectivity index (χ2n) is 6.46. The lowest BCUT2D eigenvalue weighted by Crippen LogP contribution is -2.37. The zero-order valence-electron chi connectivity index (χ0n) is 14.8. The summed E-state index contributed by atoms with van der Waals surface area (Å²) in [6, 6.07) is 10.2. The van der Waals surface area contributed by atoms with Crippen LogP contribution >= 0.6 is 24.8 Å². The van der Waals surface area contributed by atoms with Crippen molar-refractivity contribution >= 4 is 24.8 Å². The van der Waals surface area contributed by atoms with E-state index in [0.717, 1.165) is 24.9 Å². The van der Waals surface area contributed by atoms with Crippen molar-refractivity contribution in [2.75, 3.05) is 26.2 Å². The Bertz CT molecular complexity index is 400. The summed E-state index contributed by atoms with van der Waals surface area (Å²) < 4.78 is 0. The van der Waals surface area contributed by atoms with Crippen LogP contribution in [0.2, 0.25) is 0 Å². The van der Waals surface area contributed by atoms with E-state index in [1.165, 1.54) is 45.3 Å². The van der Waals surface area contributed by atoms with Gasteiger partial charge in [0, 0.05) is 6.04 Å². The van der Waals surface area contributed by atoms with E-state index < -0.39 is 6.10 Å². The van der Waals surface area contributed by atoms with Gasteiger partial charge in [-0.2, -0.15) is 0 Å². The zero-order valence-corrected chi connectivity index (χ0v) is 16.5. The molecule has 2 rings (SSSR count). The number of nitrogens with one attached hydrogen (secondary N) is 1. The Balaban J connectivity index is 0.00000264. The fourth-order valence-electron chi connectivity index (χ4n) is 3.34. The van der Waals surface area contributed by atoms with Gasteiger partial charge in [-0.3, -0.25) is 0 Å². The molecule has 5 heteroatoms. The summed E-state index contributed by atoms with van der Waals surface area (Å²) in [4.78, 5) is 2.58. The van der Waals surface area contributed by atoms with Crippen molar-refractivity contribution in [2.24, 2.45) is 0 Å². The summed E-state index contributed by atoms with van der Waals surface area (Å²) >= 11 is 0. The van der Waals surface area contributed by atoms with Crippen LogP contribution in [-0.2, 0) is 0 Å². The van der Waals surface area contributed by atoms with Gasteiger partial charge in [0.25, 0.3) is 0 Å². The lowest BCUT2D eigenvalue weighted by atomic mass is 9.98. The summed E-state index contributed by atoms with van der Waals surface area (Å²) in [5.41, 5.74) is 1.02. The van der Waals surface area contributed by atoms with E-state index in [-0.39, 0.29) is 30.9 Å². The van der Waals surface area contributed by atoms with Crippen molar-refractivity contribution < 1.29 is 5.11 Å². The van der Waals surface area contributed by atoms with E-state index in [0.29, 0.717) is 0 Å². The molecule has 0 aromatic heterocycles. The van der Waals surface area contributed by atoms with E-state index in [1.807, 2.05) is 30.3 Å². The molecule has 2 N–H and O–H groups in total. The second kappa shape index (κ2) is 13.9. The maximum Gasteiger partial charge on any atom is 0.0942 e. The van der Waals surface area contributed by atoms with E-state index in [2.05, 4.69) is 17.1 Å². The first-order valence-electron chi connectivity index (χ1n) is 9.00. The molecule has 3 nitrogen and oxygen atoms in total. The highest BCUT2D eigenvalue weighted by Gasteiger charge is 2.19. The minimum atomic E-state index is -0.406. The monoisotopic (exact) mass is 376 g/mol. The van der Waals surface area contributed by atoms with Crippen LogP contribution in [0.4, 0.5) is 0 Å². The minimum absolute atomic E-state index is 0. The Kier molecular flexibility index (Phi) is 13.7. The van der Waals surface area contributed by atoms with Crippen molar-refractivity contribution in [2.45, 2.75) is 57.6 Å². The van der Waals surface area contributed by atoms with Gasteiger partial charge in [-0.1, -0.05) is 50.1 Å². The lowest BCUT2D eigenvalue weighted by Gasteiger charge is -2.28. The first kappa shape index (κ1) is 23.7. The third-order valence-electron chi connectivity index (χ3n) is 4.63. The molecule has 0 spiro atoms. The third-order valence-corrected chi connectivity index (χ3v) is 4.63. The molecule has 2 unspecified atom stereocenters. The smallest absolute Gasteiger partial charge is 0.0942 e. The molecule has 0 aliphatic carbocycles. The molecule has 1 aliphatic heterocycles. The van der Waals surface area contributed by atoms with Gasteiger partial charge in [-0.15, -0.1) is 24.8 Å². The highest BCUT2D eigenvalue weighted by molar-refractivity contribution is 5.85. The molecule has 1 fully saturated rings. The number of aliphatic hydroxyl groups excluding tert-OH is 1. The van der Waals surface area contributed by atoms with Gasteiger partial charge in [0.05, 0.1) is 6.10 Å². The number of nitrogens with zero attached hydrogens (tertiary/aromatic N) is 1. The summed E-state index contributed by atoms with van der Waals surface area (Å²) in [7, 11) is 0. The standard InChI is InChI=1S/C19H32N2O.2ClH/c1-2-10-18(19(22)17-11-5-3-6-12-17)20-13-9-16-21-14-7-4-8-15-21;;/h3,5-6,11-12,18-20,22H,2,4,7-10,13-16H2,1H3;2*1H. The number of hydrogen-bond acceptors (Lipinski definition) is 3. The largest absolute Gasteiger partial charge is 0.387 e. The van der Waals surface area contributed by atoms with Gasteiger partial charge in [-0.05, 0) is 57.4 Å². The van der Waals surface area contributed by atoms with Gasteiger partial charge in [0.1, 0.15) is 0 Å². The number of hydrogen-bond donors (Lipinski definition) is 2. The third kappa shape index (κ3) is 8.17. The maximum absolute atomic E-state index is 10.6. The number of halogens is 2. The molecular formula is C19H34Cl2N2O. The van der Waals surface area contributed by atoms with Crippen LogP contribution in [0.1, 0.15) is 57.1 Å². The first-order valence-corrected chi connectivity index (χ1v) is 9.00. The van der Waals surface area contributed by atoms with Crippen molar-refractivity contribution in [1.82, 2.24) is 10.2 Å². The SMILES string of the molecule is CCCC(NCCCN1CCCCC1)C(O)c1ccccc1.Cl.Cl. The molecule has 2 atom stereocenters. The fourth-order valence-corrected chi connectivity index (χ4v) is 3.34. The van der Waals surface area contributed by atoms with Crippen LogP contribution in [-0.4, -0.2) is 42.2 Å². The summed E-state index contributed by atoms with van der Waals surface area (Å²) in [6.45, 7) is 6.90. The van der Waals surface area contributed by atoms with Crippen LogP contribution in [0.3, 0.4) is 0 Å². The highest BCUT2D eigenvalue weighted by atomic mass is 35.5. The first-order chi connectivity index (χ1) is 10.8. The van der Waals surface area contributed by atoms with Crippen LogP contribution in [0.5, 0.6) is 0 Å². The predicted octanol–water partition coefficient (Wildman–Crippen LogP) is 4.20. The van der Waals surface area contributed by atoms with Crippen LogP contribution in [0.15, 0.2) is 30.3 Å². The summed E-state index contributed by atoms with van der Waals surface area (Å²) in [5, 5.41) is 14.2. The number of aliphatic hydroxyl groups is 1. The lowest BCUT2D eigenvalue weighted by molar-refractivity contribution is 0.122. The van der Waals surface area contributed by atoms with Crippen LogP contribution in [0, 0.1) is 0 Å². The molecule has 1 heterocycles. The Morgan fingerprint density at radius 1 is 1.08 bits per heavy atom. The molecular weight excluding hydrogens is 343 g/mol. The Morgan fingerprint density at radius 3 is 2.38 bits per heavy atom. The Labute approximate surface area is 160 Å². The molecule has 1 aromatic rings. The molecule has 0 saturated carbocycles. The molecule has 0 bridgehead atoms. The van der Waals surface area contributed by atoms with Crippen LogP contribution < -0.4 is 5.32 Å². The van der Waals surface area contributed by atoms with E-state index in [1.54, 1.807) is 0 Å². The van der Waals surface area contributed by atoms with Crippen LogP contribution in [0.25, 0.3) is 0 Å². The van der Waals surface area contributed by atoms with E-state index in [4.69, 9.17) is 0 Å². The topological polar surface area (TPSA) is 35.5 Å². The quantitative estimate of drug-likeness (QED) is 0.633. The van der Waals surface area contributed by atoms with Crippen molar-refractivity contribution in [3.8, 4) is 0 Å². The number of rotatable bonds is 9. The summed E-state index contributed by atoms with van der Waals surface area (Å²) in [5.74, 6) is 0. The van der Waals surface area contributed by atoms with Gasteiger partial charge in [-0.25, -0.2) is 0 Å². The molecule has 24 heavy (non-hydrogen) atoms. The summed E-state index contributed by atoms with van der Waals surface area (Å²) in [6.07, 6.45) is 6.99. The van der Waals surface area contributed by atoms with Gasteiger partial charge < -0.3 is 15.3 Å². The van der Waals surface area contributed by atoms with Gasteiger partial charge >= 0.3 is 0 Å². The van der Waals surface area contributed by atoms with Crippen molar-refractivity contribution in [3.63, 3.8) is 0 Å². The average molecular weight is 377 g/mol. The van der Waals surface area contributed by atoms with Crippen molar-refractivity contribution in [1.29, 1.82) is 0 Å². The fraction of sp³-hybridized carbons (Fsp3) is 0.684. The predicted molar refractivity (Wildman–Crippen MR) is 108 cm³/mol. The Hall–Kier alpha value is -0.320.